The number of oxime groups is 3. The number of hydrogen-bond donors (Lipinski definition) is 1. The van der Waals surface area contributed by atoms with Crippen LogP contribution < -0.4 is 5.32 Å². The van der Waals surface area contributed by atoms with Gasteiger partial charge in [-0.1, -0.05) is 45.3 Å². The number of hydrogen-bond acceptors (Lipinski definition) is 7. The molecule has 8 nitrogen and oxygen atoms in total. The Balaban J connectivity index is 3.01. The molecular formula is C19H26N4O4. The largest absolute Gasteiger partial charge is 0.399 e. The highest BCUT2D eigenvalue weighted by Crippen LogP contribution is 2.12. The lowest BCUT2D eigenvalue weighted by atomic mass is 10.1. The van der Waals surface area contributed by atoms with Gasteiger partial charge in [-0.25, -0.2) is 0 Å². The van der Waals surface area contributed by atoms with Gasteiger partial charge in [-0.05, 0) is 26.8 Å². The maximum absolute atomic E-state index is 11.4. The van der Waals surface area contributed by atoms with Crippen molar-refractivity contribution in [3.8, 4) is 0 Å². The Kier molecular flexibility index (Phi) is 9.28. The van der Waals surface area contributed by atoms with E-state index in [4.69, 9.17) is 14.5 Å². The van der Waals surface area contributed by atoms with Gasteiger partial charge in [0, 0.05) is 18.1 Å². The number of carbonyl (C=O) groups is 1. The van der Waals surface area contributed by atoms with Crippen LogP contribution in [0.4, 0.5) is 0 Å². The Morgan fingerprint density at radius 2 is 1.70 bits per heavy atom. The Morgan fingerprint density at radius 3 is 2.30 bits per heavy atom. The first-order valence-corrected chi connectivity index (χ1v) is 8.29. The molecule has 8 heteroatoms. The SMILES string of the molecule is CO/N=C(\NC(C)=O)c1ccccc1CO/N=C(C)/C(C=C(C)C)=N/OC. The molecule has 0 aliphatic rings. The lowest BCUT2D eigenvalue weighted by Crippen LogP contribution is -2.30. The predicted octanol–water partition coefficient (Wildman–Crippen LogP) is 2.99. The van der Waals surface area contributed by atoms with Gasteiger partial charge in [0.05, 0.1) is 0 Å². The van der Waals surface area contributed by atoms with Crippen LogP contribution in [0.2, 0.25) is 0 Å². The van der Waals surface area contributed by atoms with Gasteiger partial charge in [0.2, 0.25) is 5.91 Å². The molecule has 0 spiro atoms. The van der Waals surface area contributed by atoms with E-state index < -0.39 is 0 Å². The number of amidine groups is 1. The second-order valence-corrected chi connectivity index (χ2v) is 5.79. The second kappa shape index (κ2) is 11.5. The van der Waals surface area contributed by atoms with Crippen LogP contribution in [0, 0.1) is 0 Å². The maximum atomic E-state index is 11.4. The van der Waals surface area contributed by atoms with Crippen molar-refractivity contribution in [1.82, 2.24) is 5.32 Å². The average molecular weight is 374 g/mol. The van der Waals surface area contributed by atoms with E-state index in [0.29, 0.717) is 22.8 Å². The molecular weight excluding hydrogens is 348 g/mol. The molecule has 0 saturated carbocycles. The molecule has 0 aliphatic carbocycles. The van der Waals surface area contributed by atoms with Crippen LogP contribution in [0.25, 0.3) is 0 Å². The predicted molar refractivity (Wildman–Crippen MR) is 106 cm³/mol. The van der Waals surface area contributed by atoms with Crippen molar-refractivity contribution in [2.24, 2.45) is 15.5 Å². The summed E-state index contributed by atoms with van der Waals surface area (Å²) in [6, 6.07) is 7.36. The van der Waals surface area contributed by atoms with Gasteiger partial charge in [0.25, 0.3) is 0 Å². The van der Waals surface area contributed by atoms with Crippen LogP contribution >= 0.6 is 0 Å². The van der Waals surface area contributed by atoms with Gasteiger partial charge < -0.3 is 19.8 Å². The minimum Gasteiger partial charge on any atom is -0.399 e. The van der Waals surface area contributed by atoms with Crippen molar-refractivity contribution in [2.75, 3.05) is 14.2 Å². The fourth-order valence-corrected chi connectivity index (χ4v) is 2.09. The molecule has 146 valence electrons. The molecule has 1 N–H and O–H groups in total. The number of amides is 1. The monoisotopic (exact) mass is 374 g/mol. The summed E-state index contributed by atoms with van der Waals surface area (Å²) in [6.45, 7) is 7.25. The van der Waals surface area contributed by atoms with Crippen molar-refractivity contribution >= 4 is 23.2 Å². The smallest absolute Gasteiger partial charge is 0.222 e. The molecule has 1 aromatic rings. The summed E-state index contributed by atoms with van der Waals surface area (Å²) in [5, 5.41) is 14.6. The number of allylic oxidation sites excluding steroid dienone is 2. The maximum Gasteiger partial charge on any atom is 0.222 e. The zero-order valence-corrected chi connectivity index (χ0v) is 16.6. The topological polar surface area (TPSA) is 93.9 Å². The minimum absolute atomic E-state index is 0.172. The highest BCUT2D eigenvalue weighted by atomic mass is 16.6. The lowest BCUT2D eigenvalue weighted by molar-refractivity contribution is -0.117. The third-order valence-electron chi connectivity index (χ3n) is 3.16. The standard InChI is InChI=1S/C19H26N4O4/c1-13(2)11-18(22-25-5)14(3)21-27-12-16-9-7-8-10-17(16)19(23-26-6)20-15(4)24/h7-11H,12H2,1-6H3,(H,20,23,24)/b21-14+,22-18+. The first-order chi connectivity index (χ1) is 12.9. The summed E-state index contributed by atoms with van der Waals surface area (Å²) in [7, 11) is 2.89. The summed E-state index contributed by atoms with van der Waals surface area (Å²) in [5.74, 6) is 0.0496. The van der Waals surface area contributed by atoms with Crippen LogP contribution in [-0.2, 0) is 25.9 Å². The molecule has 1 aromatic carbocycles. The number of benzene rings is 1. The van der Waals surface area contributed by atoms with E-state index in [2.05, 4.69) is 20.8 Å². The quantitative estimate of drug-likeness (QED) is 0.430. The summed E-state index contributed by atoms with van der Waals surface area (Å²) >= 11 is 0. The van der Waals surface area contributed by atoms with Crippen LogP contribution in [0.3, 0.4) is 0 Å². The van der Waals surface area contributed by atoms with Crippen LogP contribution in [0.5, 0.6) is 0 Å². The Morgan fingerprint density at radius 1 is 1.04 bits per heavy atom. The van der Waals surface area contributed by atoms with Crippen molar-refractivity contribution in [2.45, 2.75) is 34.3 Å². The van der Waals surface area contributed by atoms with Gasteiger partial charge >= 0.3 is 0 Å². The third kappa shape index (κ3) is 7.72. The minimum atomic E-state index is -0.252. The van der Waals surface area contributed by atoms with E-state index in [1.807, 2.05) is 44.2 Å². The summed E-state index contributed by atoms with van der Waals surface area (Å²) in [5.41, 5.74) is 3.67. The van der Waals surface area contributed by atoms with E-state index in [9.17, 15) is 4.79 Å². The fourth-order valence-electron chi connectivity index (χ4n) is 2.09. The lowest BCUT2D eigenvalue weighted by Gasteiger charge is -2.11. The van der Waals surface area contributed by atoms with Gasteiger partial charge in [0.1, 0.15) is 32.2 Å². The van der Waals surface area contributed by atoms with E-state index in [0.717, 1.165) is 11.1 Å². The molecule has 0 aromatic heterocycles. The Labute approximate surface area is 159 Å². The Hall–Kier alpha value is -3.16. The molecule has 0 heterocycles. The highest BCUT2D eigenvalue weighted by Gasteiger charge is 2.12. The molecule has 0 fully saturated rings. The van der Waals surface area contributed by atoms with E-state index in [1.165, 1.54) is 21.1 Å². The molecule has 0 unspecified atom stereocenters. The van der Waals surface area contributed by atoms with E-state index in [1.54, 1.807) is 6.92 Å². The number of carbonyl (C=O) groups excluding carboxylic acids is 1. The molecule has 1 amide bonds. The van der Waals surface area contributed by atoms with E-state index in [-0.39, 0.29) is 12.5 Å². The summed E-state index contributed by atoms with van der Waals surface area (Å²) in [4.78, 5) is 26.6. The van der Waals surface area contributed by atoms with Gasteiger partial charge in [-0.15, -0.1) is 0 Å². The molecule has 27 heavy (non-hydrogen) atoms. The zero-order valence-electron chi connectivity index (χ0n) is 16.6. The number of rotatable bonds is 8. The third-order valence-corrected chi connectivity index (χ3v) is 3.16. The van der Waals surface area contributed by atoms with Crippen LogP contribution in [0.1, 0.15) is 38.8 Å². The van der Waals surface area contributed by atoms with Gasteiger partial charge in [-0.3, -0.25) is 4.79 Å². The number of nitrogens with one attached hydrogen (secondary N) is 1. The first kappa shape index (κ1) is 21.9. The van der Waals surface area contributed by atoms with Gasteiger partial charge in [0.15, 0.2) is 5.84 Å². The molecule has 0 saturated heterocycles. The van der Waals surface area contributed by atoms with Gasteiger partial charge in [-0.2, -0.15) is 0 Å². The van der Waals surface area contributed by atoms with Crippen molar-refractivity contribution in [1.29, 1.82) is 0 Å². The molecule has 0 radical (unpaired) electrons. The van der Waals surface area contributed by atoms with Crippen molar-refractivity contribution < 1.29 is 19.3 Å². The van der Waals surface area contributed by atoms with Crippen LogP contribution in [0.15, 0.2) is 51.4 Å². The normalized spacial score (nSPS) is 12.3. The average Bonchev–Trinajstić information content (AvgIpc) is 2.60. The molecule has 0 bridgehead atoms. The first-order valence-electron chi connectivity index (χ1n) is 8.29. The van der Waals surface area contributed by atoms with Crippen LogP contribution in [-0.4, -0.2) is 37.4 Å². The van der Waals surface area contributed by atoms with Crippen molar-refractivity contribution in [3.05, 3.63) is 47.0 Å². The number of nitrogens with zero attached hydrogens (tertiary/aromatic N) is 3. The zero-order chi connectivity index (χ0) is 20.2. The molecule has 0 atom stereocenters. The van der Waals surface area contributed by atoms with Crippen molar-refractivity contribution in [3.63, 3.8) is 0 Å². The highest BCUT2D eigenvalue weighted by molar-refractivity contribution is 6.45. The Bertz CT molecular complexity index is 763. The van der Waals surface area contributed by atoms with E-state index >= 15 is 0 Å². The molecule has 1 rings (SSSR count). The summed E-state index contributed by atoms with van der Waals surface area (Å²) < 4.78 is 0. The molecule has 0 aliphatic heterocycles. The second-order valence-electron chi connectivity index (χ2n) is 5.79. The summed E-state index contributed by atoms with van der Waals surface area (Å²) in [6.07, 6.45) is 1.85. The fraction of sp³-hybridized carbons (Fsp3) is 0.368.